The predicted molar refractivity (Wildman–Crippen MR) is 520 cm³/mol. The van der Waals surface area contributed by atoms with Gasteiger partial charge in [-0.3, -0.25) is 71.9 Å². The van der Waals surface area contributed by atoms with E-state index in [0.717, 1.165) is 12.1 Å². The minimum atomic E-state index is -1.16. The minimum Gasteiger partial charge on any atom is -0.508 e. The van der Waals surface area contributed by atoms with Crippen LogP contribution in [-0.2, 0) is 43.3 Å². The zero-order valence-electron chi connectivity index (χ0n) is 79.1. The van der Waals surface area contributed by atoms with E-state index in [9.17, 15) is 111 Å². The average molecular weight is 2040 g/mol. The Kier molecular flexibility index (Phi) is 29.1. The number of rotatable bonds is 14. The molecular formula is C105H72N8O37. The van der Waals surface area contributed by atoms with Crippen LogP contribution in [0, 0.1) is 0 Å². The zero-order valence-corrected chi connectivity index (χ0v) is 79.1. The van der Waals surface area contributed by atoms with Crippen LogP contribution in [0.25, 0.3) is 135 Å². The maximum atomic E-state index is 12.5. The molecule has 45 heteroatoms. The molecule has 0 saturated carbocycles. The third kappa shape index (κ3) is 22.0. The van der Waals surface area contributed by atoms with Crippen molar-refractivity contribution in [3.05, 3.63) is 311 Å². The van der Waals surface area contributed by atoms with Crippen LogP contribution in [0.4, 0.5) is 0 Å². The van der Waals surface area contributed by atoms with Gasteiger partial charge in [0.1, 0.15) is 130 Å². The van der Waals surface area contributed by atoms with Crippen LogP contribution >= 0.6 is 0 Å². The third-order valence-corrected chi connectivity index (χ3v) is 22.3. The number of benzene rings is 12. The molecule has 10 heterocycles. The molecule has 2 aromatic heterocycles. The molecule has 3 saturated heterocycles. The molecule has 0 bridgehead atoms. The fraction of sp³-hybridized carbons (Fsp3) is 0.133. The summed E-state index contributed by atoms with van der Waals surface area (Å²) in [6.07, 6.45) is -0.297. The van der Waals surface area contributed by atoms with Crippen molar-refractivity contribution in [1.29, 1.82) is 0 Å². The lowest BCUT2D eigenvalue weighted by atomic mass is 10.1. The molecule has 150 heavy (non-hydrogen) atoms. The number of imide groups is 3. The van der Waals surface area contributed by atoms with Gasteiger partial charge in [0.15, 0.2) is 107 Å². The number of fused-ring (bicyclic) bond motifs is 12. The highest BCUT2D eigenvalue weighted by Crippen LogP contribution is 2.38. The number of hydrogen-bond acceptors (Lipinski definition) is 42. The predicted octanol–water partition coefficient (Wildman–Crippen LogP) is 12.7. The number of ether oxygens (including phenoxy) is 4. The number of hydroxylamine groups is 6. The van der Waals surface area contributed by atoms with Crippen molar-refractivity contribution in [1.82, 2.24) is 40.1 Å². The standard InChI is InChI=1S/2C17H10N2O7.3C15H11NO4.C14H9NO7.C12H10O4/c20-8-1-2-11-12(6-8)25-13-7-9(21)5-10(16(13)18-11)17(24)26-19-14(22)3-4-15(19)23;20-8-1-2-9-12(7-8)25-16-10(18-9)3-4-11(21)15(16)17(24)26-19-13(22)5-6-14(19)23;1-8(17)11-5-9(18)6-14-15(11)16-12-4-3-10(19-2)7-13(12)20-14;1-8(17)11-6-10(19-2)7-14-15(11)16-12-4-3-9(18)5-13(12)20-14;1-8(17)14-12(18)6-5-11-15(14)20-13-7-9(19-2)3-4-10(13)16-11;16-8-2-1-7-5-9(13(19)21-10(7)6-8)14(20)22-15-11(17)3-4-12(15)18;1-7(13)10-5-8-3-4-9(15-2)6-11(8)16-12(10)14/h1-2,5-7,20H,3-4H2;1-4,7,21H,5-6H2;3*3-7H,1-2H3;1-2,5-6,16H,3-4H2;3-6H,1-2H3. The lowest BCUT2D eigenvalue weighted by Gasteiger charge is -2.14. The number of amides is 6. The van der Waals surface area contributed by atoms with E-state index >= 15 is 0 Å². The van der Waals surface area contributed by atoms with Crippen LogP contribution in [0.5, 0.6) is 40.2 Å². The fourth-order valence-electron chi connectivity index (χ4n) is 15.0. The summed E-state index contributed by atoms with van der Waals surface area (Å²) in [7, 11) is 6.14. The topological polar surface area (TPSA) is 633 Å². The Balaban J connectivity index is 0.000000125. The summed E-state index contributed by atoms with van der Waals surface area (Å²) in [5, 5.41) is 31.1. The van der Waals surface area contributed by atoms with Crippen molar-refractivity contribution in [2.24, 2.45) is 0 Å². The summed E-state index contributed by atoms with van der Waals surface area (Å²) < 4.78 is 58.5. The Bertz CT molecular complexity index is 9140. The number of aromatic hydroxyl groups is 3. The van der Waals surface area contributed by atoms with Gasteiger partial charge in [-0.25, -0.2) is 48.9 Å². The first-order valence-corrected chi connectivity index (χ1v) is 44.3. The molecule has 3 fully saturated rings. The molecule has 8 aliphatic heterocycles. The number of methoxy groups -OCH3 is 4. The number of ketones is 4. The van der Waals surface area contributed by atoms with E-state index in [2.05, 4.69) is 29.8 Å². The lowest BCUT2D eigenvalue weighted by Crippen LogP contribution is -2.33. The van der Waals surface area contributed by atoms with Crippen molar-refractivity contribution in [3.63, 3.8) is 0 Å². The number of nitrogens with zero attached hydrogens (tertiary/aromatic N) is 8. The summed E-state index contributed by atoms with van der Waals surface area (Å²) in [6.45, 7) is 5.53. The van der Waals surface area contributed by atoms with Gasteiger partial charge >= 0.3 is 29.2 Å². The van der Waals surface area contributed by atoms with E-state index in [1.54, 1.807) is 93.1 Å². The summed E-state index contributed by atoms with van der Waals surface area (Å²) in [5.74, 6) is -5.51. The Labute approximate surface area is 835 Å². The zero-order chi connectivity index (χ0) is 107. The fourth-order valence-corrected chi connectivity index (χ4v) is 15.0. The molecule has 7 aromatic carbocycles. The maximum absolute atomic E-state index is 12.5. The summed E-state index contributed by atoms with van der Waals surface area (Å²) in [4.78, 5) is 270. The monoisotopic (exact) mass is 2040 g/mol. The largest absolute Gasteiger partial charge is 0.508 e. The van der Waals surface area contributed by atoms with Gasteiger partial charge in [0.2, 0.25) is 0 Å². The van der Waals surface area contributed by atoms with Gasteiger partial charge in [0.25, 0.3) is 35.4 Å². The first kappa shape index (κ1) is 102. The Morgan fingerprint density at radius 3 is 1.22 bits per heavy atom. The molecule has 0 unspecified atom stereocenters. The highest BCUT2D eigenvalue weighted by molar-refractivity contribution is 6.10. The van der Waals surface area contributed by atoms with Crippen LogP contribution in [0.15, 0.2) is 265 Å². The molecule has 13 aliphatic rings. The van der Waals surface area contributed by atoms with Gasteiger partial charge in [-0.15, -0.1) is 15.2 Å². The highest BCUT2D eigenvalue weighted by Gasteiger charge is 2.39. The first-order chi connectivity index (χ1) is 71.7. The second-order valence-electron chi connectivity index (χ2n) is 32.5. The lowest BCUT2D eigenvalue weighted by molar-refractivity contribution is -0.173. The SMILES string of the molecule is COc1cc(C(C)=O)c2nc3ccc(=O)cc-3oc2c1.COc1ccc2cc(C(C)=O)c(=O)oc2c1.COc1ccc2nc3c(C(C)=O)cc(=O)cc-3oc2c1.COc1ccc2nc3ccc(=O)c(C(C)=O)c-3oc2c1.O=C(ON1C(=O)CCC1=O)c1c(O)ccc2nc3ccc(=O)cc-3oc12.O=C(ON1C(=O)CCC1=O)c1cc(=O)cc2oc3cc(O)ccc3nc1-2.O=C(ON1C(=O)CCC1=O)c1cc2ccc(O)cc2oc1=O. The van der Waals surface area contributed by atoms with Crippen LogP contribution in [0.3, 0.4) is 0 Å². The van der Waals surface area contributed by atoms with Crippen molar-refractivity contribution in [2.45, 2.75) is 66.2 Å². The number of phenols is 3. The average Bonchev–Trinajstić information content (AvgIpc) is 0.874. The Morgan fingerprint density at radius 1 is 0.293 bits per heavy atom. The molecular weight excluding hydrogens is 1970 g/mol. The van der Waals surface area contributed by atoms with Crippen molar-refractivity contribution in [3.8, 4) is 97.5 Å². The maximum Gasteiger partial charge on any atom is 0.371 e. The Morgan fingerprint density at radius 2 is 0.687 bits per heavy atom. The molecule has 45 nitrogen and oxygen atoms in total. The van der Waals surface area contributed by atoms with Gasteiger partial charge in [0, 0.05) is 116 Å². The highest BCUT2D eigenvalue weighted by atomic mass is 16.7. The smallest absolute Gasteiger partial charge is 0.371 e. The molecule has 6 amide bonds. The molecule has 9 aromatic rings. The molecule has 0 spiro atoms. The van der Waals surface area contributed by atoms with Gasteiger partial charge in [-0.1, -0.05) is 0 Å². The van der Waals surface area contributed by atoms with E-state index < -0.39 is 86.9 Å². The van der Waals surface area contributed by atoms with Crippen LogP contribution in [0.2, 0.25) is 0 Å². The normalized spacial score (nSPS) is 12.6. The molecule has 3 N–H and O–H groups in total. The van der Waals surface area contributed by atoms with E-state index in [-0.39, 0.29) is 162 Å². The third-order valence-electron chi connectivity index (χ3n) is 22.3. The van der Waals surface area contributed by atoms with Gasteiger partial charge in [-0.05, 0) is 161 Å². The first-order valence-electron chi connectivity index (χ1n) is 44.3. The molecule has 0 radical (unpaired) electrons. The summed E-state index contributed by atoms with van der Waals surface area (Å²) in [6, 6.07) is 48.2. The molecule has 0 atom stereocenters. The number of carbonyl (C=O) groups is 13. The van der Waals surface area contributed by atoms with E-state index in [0.29, 0.717) is 133 Å². The molecule has 754 valence electrons. The van der Waals surface area contributed by atoms with Crippen LogP contribution in [-0.4, -0.2) is 160 Å². The van der Waals surface area contributed by atoms with Crippen LogP contribution in [0.1, 0.15) is 139 Å². The van der Waals surface area contributed by atoms with Gasteiger partial charge in [0.05, 0.1) is 45.1 Å². The van der Waals surface area contributed by atoms with Crippen LogP contribution < -0.4 is 57.3 Å². The summed E-state index contributed by atoms with van der Waals surface area (Å²) >= 11 is 0. The number of aromatic nitrogens is 5. The van der Waals surface area contributed by atoms with Crippen molar-refractivity contribution < 1.29 is 142 Å². The van der Waals surface area contributed by atoms with Gasteiger partial charge in [-0.2, -0.15) is 0 Å². The van der Waals surface area contributed by atoms with E-state index in [1.165, 1.54) is 151 Å². The van der Waals surface area contributed by atoms with Crippen molar-refractivity contribution in [2.75, 3.05) is 28.4 Å². The van der Waals surface area contributed by atoms with E-state index in [1.807, 2.05) is 0 Å². The summed E-state index contributed by atoms with van der Waals surface area (Å²) in [5.41, 5.74) is 2.44. The molecule has 22 rings (SSSR count). The molecule has 5 aliphatic carbocycles. The van der Waals surface area contributed by atoms with Gasteiger partial charge < -0.3 is 79.7 Å². The second kappa shape index (κ2) is 42.8. The number of Topliss-reactive ketones (excluding diaryl/α,β-unsaturated/α-hetero) is 4. The van der Waals surface area contributed by atoms with Crippen molar-refractivity contribution >= 4 is 154 Å². The minimum absolute atomic E-state index is 0.00150. The van der Waals surface area contributed by atoms with E-state index in [4.69, 9.17) is 59.5 Å². The number of carbonyl (C=O) groups excluding carboxylic acids is 13. The Hall–Kier alpha value is -20.8. The quantitative estimate of drug-likeness (QED) is 0.0394. The number of phenolic OH excluding ortho intramolecular Hbond substituents is 3. The second-order valence-corrected chi connectivity index (χ2v) is 32.5. The number of hydrogen-bond donors (Lipinski definition) is 3.